The number of esters is 3. The number of rotatable bonds is 76. The molecular weight excluding hydrogens is 1710 g/mol. The van der Waals surface area contributed by atoms with Crippen molar-refractivity contribution in [2.45, 2.75) is 288 Å². The highest BCUT2D eigenvalue weighted by atomic mass is 31.2. The van der Waals surface area contributed by atoms with Crippen LogP contribution in [-0.4, -0.2) is 267 Å². The minimum absolute atomic E-state index is 0.00417. The van der Waals surface area contributed by atoms with Crippen LogP contribution in [0.1, 0.15) is 226 Å². The molecule has 35 nitrogen and oxygen atoms in total. The Kier molecular flexibility index (Phi) is 66.3. The average molecular weight is 1870 g/mol. The molecule has 39 heteroatoms. The minimum Gasteiger partial charge on any atom is -0.463 e. The number of ether oxygens (including phenoxy) is 12. The Morgan fingerprint density at radius 3 is 0.992 bits per heavy atom. The number of nitrogens with zero attached hydrogens (tertiary/aromatic N) is 5. The van der Waals surface area contributed by atoms with Gasteiger partial charge >= 0.3 is 43.7 Å². The summed E-state index contributed by atoms with van der Waals surface area (Å²) in [7, 11) is -7.11. The second kappa shape index (κ2) is 71.8. The maximum atomic E-state index is 12.2. The Labute approximate surface area is 758 Å². The molecule has 3 heterocycles. The van der Waals surface area contributed by atoms with Gasteiger partial charge in [-0.15, -0.1) is 0 Å². The molecule has 0 aromatic carbocycles. The van der Waals surface area contributed by atoms with Crippen LogP contribution in [0, 0.1) is 77.9 Å². The van der Waals surface area contributed by atoms with Crippen molar-refractivity contribution in [1.29, 1.82) is 5.26 Å². The van der Waals surface area contributed by atoms with Gasteiger partial charge in [0.1, 0.15) is 39.6 Å². The van der Waals surface area contributed by atoms with Gasteiger partial charge in [-0.05, 0) is 121 Å². The summed E-state index contributed by atoms with van der Waals surface area (Å²) in [6.07, 6.45) is 10.6. The molecular formula is C87H155N7O28P4. The van der Waals surface area contributed by atoms with Crippen LogP contribution < -0.4 is 10.6 Å². The van der Waals surface area contributed by atoms with E-state index < -0.39 is 64.3 Å². The summed E-state index contributed by atoms with van der Waals surface area (Å²) >= 11 is 0. The molecule has 0 spiro atoms. The van der Waals surface area contributed by atoms with E-state index in [2.05, 4.69) is 84.4 Å². The minimum atomic E-state index is -1.81. The first-order valence-electron chi connectivity index (χ1n) is 45.4. The Morgan fingerprint density at radius 2 is 0.675 bits per heavy atom. The summed E-state index contributed by atoms with van der Waals surface area (Å²) in [6, 6.07) is 1.45. The maximum Gasteiger partial charge on any atom is 0.332 e. The smallest absolute Gasteiger partial charge is 0.332 e. The van der Waals surface area contributed by atoms with Crippen molar-refractivity contribution in [2.24, 2.45) is 46.8 Å². The SMILES string of the molecule is [C-]#[N+]CCOP(OCCCCCCCCO[C@@H]1OC(COC(C)=O)[C@H](C)[C@H](C)C1C)OCCCOCC(COCCCOP(OCCCCCCO[C@@H]1OC(COC(C)=O)[C@H](C)[C@H](C)C1NC(C)=O)OCC[N+]#[C-])(COCCCOP(OCCCCCCO[C@@H]1OC(COC(C)=O)[C@H](C)[C@H](C)C1NC(C)=O)OCC[N+]#[C-])COP(OCCC#N)N(C(C)C)C(C)C. The summed E-state index contributed by atoms with van der Waals surface area (Å²) in [5.74, 6) is -0.730. The molecule has 0 bridgehead atoms. The molecule has 3 aliphatic rings. The standard InChI is InChI=1S/C87H155N7O28P4/c1-65(2)94(66(3)4)123(109-51-34-38-88)119-64-87(61-100-42-35-52-113-124(116-55-39-89-17)110-48-31-23-21-20-22-28-45-103-84-73(11)67(5)68(6)79(120-84)58-106-76(14)97,62-101-43-36-53-114-125(117-56-40-90-18)111-49-32-26-24-29-46-104-85-82(92-74(12)95)71(9)69(7)80(121-85)59-107-77(15)98)63-102-44-37-54-115-126(118-57-41-91-19)112-50-33-27-25-30-47-105-86-83(93-75(13)96)72(10)70(8)81(122-86)60-108-78(16)99/h65-73,79-86H,20-37,39-64H2,1-16H3,(H,92,95)(H,93,96)/t67-,68+,69+,70+,71-,72-,73?,79?,80?,81?,82?,83?,84+,85+,86+,87?,123?,124?,125?,126?/m0/s1. The Bertz CT molecular complexity index is 2930. The van der Waals surface area contributed by atoms with Crippen molar-refractivity contribution >= 4 is 64.1 Å². The third-order valence-corrected chi connectivity index (χ3v) is 27.3. The molecule has 19 atom stereocenters. The first-order valence-corrected chi connectivity index (χ1v) is 49.8. The topological polar surface area (TPSA) is 362 Å². The third kappa shape index (κ3) is 51.4. The molecule has 0 aromatic heterocycles. The lowest BCUT2D eigenvalue weighted by molar-refractivity contribution is -0.255. The van der Waals surface area contributed by atoms with Crippen molar-refractivity contribution in [3.05, 3.63) is 34.3 Å². The van der Waals surface area contributed by atoms with Crippen molar-refractivity contribution in [2.75, 3.05) is 172 Å². The van der Waals surface area contributed by atoms with E-state index in [4.69, 9.17) is 126 Å². The van der Waals surface area contributed by atoms with Gasteiger partial charge in [0, 0.05) is 92.3 Å². The van der Waals surface area contributed by atoms with Gasteiger partial charge in [0.05, 0.1) is 121 Å². The number of hydrogen-bond donors (Lipinski definition) is 2. The number of hydrogen-bond acceptors (Lipinski definition) is 30. The molecule has 3 saturated heterocycles. The summed E-state index contributed by atoms with van der Waals surface area (Å²) in [6.45, 7) is 57.6. The molecule has 0 aromatic rings. The fourth-order valence-corrected chi connectivity index (χ4v) is 18.7. The van der Waals surface area contributed by atoms with Crippen molar-refractivity contribution in [1.82, 2.24) is 15.3 Å². The molecule has 2 amide bonds. The molecule has 10 unspecified atom stereocenters. The summed E-state index contributed by atoms with van der Waals surface area (Å²) < 4.78 is 144. The lowest BCUT2D eigenvalue weighted by atomic mass is 9.79. The van der Waals surface area contributed by atoms with Crippen LogP contribution in [0.4, 0.5) is 0 Å². The van der Waals surface area contributed by atoms with Crippen molar-refractivity contribution < 1.29 is 131 Å². The highest BCUT2D eigenvalue weighted by Crippen LogP contribution is 2.48. The van der Waals surface area contributed by atoms with Gasteiger partial charge in [-0.25, -0.2) is 24.4 Å². The van der Waals surface area contributed by atoms with Crippen LogP contribution in [0.3, 0.4) is 0 Å². The van der Waals surface area contributed by atoms with Gasteiger partial charge in [0.15, 0.2) is 18.9 Å². The first-order chi connectivity index (χ1) is 60.6. The second-order valence-corrected chi connectivity index (χ2v) is 38.0. The second-order valence-electron chi connectivity index (χ2n) is 32.9. The zero-order chi connectivity index (χ0) is 92.7. The molecule has 0 aliphatic carbocycles. The summed E-state index contributed by atoms with van der Waals surface area (Å²) in [4.78, 5) is 69.6. The lowest BCUT2D eigenvalue weighted by Gasteiger charge is -2.44. The number of nitriles is 1. The fraction of sp³-hybridized carbons (Fsp3) is 0.897. The molecule has 3 rings (SSSR count). The quantitative estimate of drug-likeness (QED) is 0.0188. The third-order valence-electron chi connectivity index (χ3n) is 21.8. The van der Waals surface area contributed by atoms with Gasteiger partial charge in [0.25, 0.3) is 8.53 Å². The zero-order valence-corrected chi connectivity index (χ0v) is 82.0. The van der Waals surface area contributed by atoms with Crippen LogP contribution in [0.5, 0.6) is 0 Å². The Hall–Kier alpha value is -3.81. The van der Waals surface area contributed by atoms with E-state index in [9.17, 15) is 29.2 Å². The van der Waals surface area contributed by atoms with Gasteiger partial charge in [0.2, 0.25) is 31.4 Å². The van der Waals surface area contributed by atoms with E-state index in [0.29, 0.717) is 77.7 Å². The van der Waals surface area contributed by atoms with Crippen LogP contribution in [0.2, 0.25) is 0 Å². The zero-order valence-electron chi connectivity index (χ0n) is 78.4. The van der Waals surface area contributed by atoms with Crippen LogP contribution in [-0.2, 0) is 131 Å². The number of nitrogens with one attached hydrogen (secondary N) is 2. The Morgan fingerprint density at radius 1 is 0.373 bits per heavy atom. The summed E-state index contributed by atoms with van der Waals surface area (Å²) in [5, 5.41) is 15.6. The van der Waals surface area contributed by atoms with Gasteiger partial charge < -0.3 is 132 Å². The molecule has 0 saturated carbocycles. The average Bonchev–Trinajstić information content (AvgIpc) is 0.814. The van der Waals surface area contributed by atoms with E-state index in [1.165, 1.54) is 34.6 Å². The van der Waals surface area contributed by atoms with Gasteiger partial charge in [-0.3, -0.25) is 24.0 Å². The monoisotopic (exact) mass is 1870 g/mol. The number of unbranched alkanes of at least 4 members (excludes halogenated alkanes) is 11. The molecule has 0 radical (unpaired) electrons. The van der Waals surface area contributed by atoms with Crippen LogP contribution in [0.15, 0.2) is 0 Å². The summed E-state index contributed by atoms with van der Waals surface area (Å²) in [5.41, 5.74) is -0.959. The van der Waals surface area contributed by atoms with Crippen LogP contribution in [0.25, 0.3) is 14.5 Å². The molecule has 3 fully saturated rings. The largest absolute Gasteiger partial charge is 0.463 e. The van der Waals surface area contributed by atoms with E-state index >= 15 is 0 Å². The van der Waals surface area contributed by atoms with E-state index in [0.717, 1.165) is 77.0 Å². The Balaban J connectivity index is 1.73. The van der Waals surface area contributed by atoms with E-state index in [1.807, 2.05) is 27.7 Å². The molecule has 726 valence electrons. The van der Waals surface area contributed by atoms with Gasteiger partial charge in [-0.2, -0.15) is 5.26 Å². The first kappa shape index (κ1) is 116. The molecule has 126 heavy (non-hydrogen) atoms. The highest BCUT2D eigenvalue weighted by molar-refractivity contribution is 7.44. The lowest BCUT2D eigenvalue weighted by Crippen LogP contribution is -2.58. The van der Waals surface area contributed by atoms with E-state index in [-0.39, 0.29) is 240 Å². The maximum absolute atomic E-state index is 12.2. The number of amides is 2. The van der Waals surface area contributed by atoms with Crippen molar-refractivity contribution in [3.8, 4) is 6.07 Å². The molecule has 2 N–H and O–H groups in total. The fourth-order valence-electron chi connectivity index (χ4n) is 14.0. The number of carbonyl (C=O) groups excluding carboxylic acids is 5. The number of carbonyl (C=O) groups is 5. The van der Waals surface area contributed by atoms with Crippen molar-refractivity contribution in [3.63, 3.8) is 0 Å². The normalized spacial score (nSPS) is 24.0. The predicted molar refractivity (Wildman–Crippen MR) is 476 cm³/mol. The molecule has 3 aliphatic heterocycles. The van der Waals surface area contributed by atoms with Crippen LogP contribution >= 0.6 is 34.3 Å². The van der Waals surface area contributed by atoms with Gasteiger partial charge in [-0.1, -0.05) is 99.8 Å². The predicted octanol–water partition coefficient (Wildman–Crippen LogP) is 15.9. The van der Waals surface area contributed by atoms with E-state index in [1.54, 1.807) is 0 Å². The highest BCUT2D eigenvalue weighted by Gasteiger charge is 2.46.